The molecule has 1 heterocycles. The van der Waals surface area contributed by atoms with E-state index in [9.17, 15) is 13.2 Å². The van der Waals surface area contributed by atoms with E-state index in [0.717, 1.165) is 5.56 Å². The van der Waals surface area contributed by atoms with Gasteiger partial charge in [0, 0.05) is 23.2 Å². The molecule has 26 heavy (non-hydrogen) atoms. The van der Waals surface area contributed by atoms with Gasteiger partial charge in [-0.15, -0.1) is 0 Å². The quantitative estimate of drug-likeness (QED) is 0.782. The number of amides is 1. The fourth-order valence-electron chi connectivity index (χ4n) is 3.07. The van der Waals surface area contributed by atoms with Gasteiger partial charge in [-0.2, -0.15) is 0 Å². The van der Waals surface area contributed by atoms with Crippen molar-refractivity contribution in [1.82, 2.24) is 4.90 Å². The molecule has 0 spiro atoms. The number of sulfone groups is 1. The zero-order valence-electron chi connectivity index (χ0n) is 14.4. The van der Waals surface area contributed by atoms with E-state index >= 15 is 0 Å². The number of hydrogen-bond acceptors (Lipinski definition) is 4. The fraction of sp³-hybridized carbons (Fsp3) is 0.316. The Morgan fingerprint density at radius 1 is 1.15 bits per heavy atom. The molecule has 0 N–H and O–H groups in total. The SMILES string of the molecule is COc1ccc(C(=O)N(Cc2ccc(Cl)cc2)[C@H]2CCS(=O)(=O)C2)cc1. The third-order valence-corrected chi connectivity index (χ3v) is 6.52. The molecule has 1 aliphatic heterocycles. The molecule has 0 radical (unpaired) electrons. The number of methoxy groups -OCH3 is 1. The van der Waals surface area contributed by atoms with Crippen LogP contribution < -0.4 is 4.74 Å². The van der Waals surface area contributed by atoms with Crippen LogP contribution in [0.5, 0.6) is 5.75 Å². The van der Waals surface area contributed by atoms with Gasteiger partial charge in [0.2, 0.25) is 0 Å². The summed E-state index contributed by atoms with van der Waals surface area (Å²) in [5, 5.41) is 0.616. The molecular formula is C19H20ClNO4S. The number of hydrogen-bond donors (Lipinski definition) is 0. The van der Waals surface area contributed by atoms with Crippen molar-refractivity contribution in [2.24, 2.45) is 0 Å². The van der Waals surface area contributed by atoms with Crippen LogP contribution in [-0.4, -0.2) is 43.9 Å². The molecular weight excluding hydrogens is 374 g/mol. The summed E-state index contributed by atoms with van der Waals surface area (Å²) < 4.78 is 29.0. The monoisotopic (exact) mass is 393 g/mol. The van der Waals surface area contributed by atoms with Crippen LogP contribution in [-0.2, 0) is 16.4 Å². The molecule has 3 rings (SSSR count). The Bertz CT molecular complexity index is 879. The zero-order valence-corrected chi connectivity index (χ0v) is 16.0. The Balaban J connectivity index is 1.88. The van der Waals surface area contributed by atoms with Gasteiger partial charge in [0.1, 0.15) is 5.75 Å². The summed E-state index contributed by atoms with van der Waals surface area (Å²) in [6.45, 7) is 0.336. The smallest absolute Gasteiger partial charge is 0.254 e. The van der Waals surface area contributed by atoms with E-state index in [2.05, 4.69) is 0 Å². The minimum Gasteiger partial charge on any atom is -0.497 e. The molecule has 0 bridgehead atoms. The predicted molar refractivity (Wildman–Crippen MR) is 101 cm³/mol. The molecule has 1 fully saturated rings. The highest BCUT2D eigenvalue weighted by molar-refractivity contribution is 7.91. The van der Waals surface area contributed by atoms with Crippen LogP contribution in [0.2, 0.25) is 5.02 Å². The van der Waals surface area contributed by atoms with Gasteiger partial charge in [-0.1, -0.05) is 23.7 Å². The standard InChI is InChI=1S/C19H20ClNO4S/c1-25-18-8-4-15(5-9-18)19(22)21(17-10-11-26(23,24)13-17)12-14-2-6-16(20)7-3-14/h2-9,17H,10-13H2,1H3/t17-/m0/s1. The van der Waals surface area contributed by atoms with Crippen molar-refractivity contribution >= 4 is 27.3 Å². The van der Waals surface area contributed by atoms with Gasteiger partial charge in [-0.05, 0) is 48.4 Å². The Hall–Kier alpha value is -2.05. The van der Waals surface area contributed by atoms with Gasteiger partial charge in [0.15, 0.2) is 9.84 Å². The number of halogens is 1. The van der Waals surface area contributed by atoms with Crippen LogP contribution in [0.1, 0.15) is 22.3 Å². The predicted octanol–water partition coefficient (Wildman–Crippen LogP) is 3.18. The maximum absolute atomic E-state index is 13.1. The highest BCUT2D eigenvalue weighted by Gasteiger charge is 2.35. The van der Waals surface area contributed by atoms with E-state index in [4.69, 9.17) is 16.3 Å². The second kappa shape index (κ2) is 7.68. The van der Waals surface area contributed by atoms with Crippen molar-refractivity contribution < 1.29 is 17.9 Å². The third kappa shape index (κ3) is 4.37. The lowest BCUT2D eigenvalue weighted by molar-refractivity contribution is 0.0681. The number of carbonyl (C=O) groups excluding carboxylic acids is 1. The average molecular weight is 394 g/mol. The van der Waals surface area contributed by atoms with Gasteiger partial charge in [0.25, 0.3) is 5.91 Å². The van der Waals surface area contributed by atoms with E-state index in [1.165, 1.54) is 0 Å². The first-order valence-corrected chi connectivity index (χ1v) is 10.5. The Labute approximate surface area is 158 Å². The first-order chi connectivity index (χ1) is 12.4. The van der Waals surface area contributed by atoms with Crippen molar-refractivity contribution in [1.29, 1.82) is 0 Å². The molecule has 7 heteroatoms. The fourth-order valence-corrected chi connectivity index (χ4v) is 4.93. The highest BCUT2D eigenvalue weighted by atomic mass is 35.5. The van der Waals surface area contributed by atoms with Gasteiger partial charge >= 0.3 is 0 Å². The number of ether oxygens (including phenoxy) is 1. The van der Waals surface area contributed by atoms with Gasteiger partial charge in [-0.3, -0.25) is 4.79 Å². The summed E-state index contributed by atoms with van der Waals surface area (Å²) in [6, 6.07) is 13.7. The third-order valence-electron chi connectivity index (χ3n) is 4.51. The molecule has 1 saturated heterocycles. The largest absolute Gasteiger partial charge is 0.497 e. The van der Waals surface area contributed by atoms with E-state index in [1.807, 2.05) is 12.1 Å². The molecule has 5 nitrogen and oxygen atoms in total. The van der Waals surface area contributed by atoms with Gasteiger partial charge in [-0.25, -0.2) is 8.42 Å². The van der Waals surface area contributed by atoms with Crippen LogP contribution in [0.15, 0.2) is 48.5 Å². The zero-order chi connectivity index (χ0) is 18.7. The number of benzene rings is 2. The summed E-state index contributed by atoms with van der Waals surface area (Å²) in [5.74, 6) is 0.589. The van der Waals surface area contributed by atoms with Crippen LogP contribution in [0.4, 0.5) is 0 Å². The second-order valence-electron chi connectivity index (χ2n) is 6.34. The molecule has 0 saturated carbocycles. The topological polar surface area (TPSA) is 63.7 Å². The summed E-state index contributed by atoms with van der Waals surface area (Å²) in [5.41, 5.74) is 1.41. The lowest BCUT2D eigenvalue weighted by Gasteiger charge is -2.28. The van der Waals surface area contributed by atoms with Crippen LogP contribution in [0.25, 0.3) is 0 Å². The maximum atomic E-state index is 13.1. The maximum Gasteiger partial charge on any atom is 0.254 e. The van der Waals surface area contributed by atoms with Gasteiger partial charge < -0.3 is 9.64 Å². The summed E-state index contributed by atoms with van der Waals surface area (Å²) in [7, 11) is -1.54. The first kappa shape index (κ1) is 18.7. The van der Waals surface area contributed by atoms with E-state index in [-0.39, 0.29) is 23.5 Å². The minimum atomic E-state index is -3.10. The Morgan fingerprint density at radius 3 is 2.35 bits per heavy atom. The second-order valence-corrected chi connectivity index (χ2v) is 9.01. The molecule has 0 aromatic heterocycles. The molecule has 2 aromatic rings. The molecule has 138 valence electrons. The van der Waals surface area contributed by atoms with Crippen molar-refractivity contribution in [3.63, 3.8) is 0 Å². The van der Waals surface area contributed by atoms with E-state index in [1.54, 1.807) is 48.4 Å². The Morgan fingerprint density at radius 2 is 1.81 bits per heavy atom. The van der Waals surface area contributed by atoms with Crippen LogP contribution in [0, 0.1) is 0 Å². The normalized spacial score (nSPS) is 18.5. The molecule has 1 atom stereocenters. The summed E-state index contributed by atoms with van der Waals surface area (Å²) in [4.78, 5) is 14.7. The van der Waals surface area contributed by atoms with Crippen molar-refractivity contribution in [2.45, 2.75) is 19.0 Å². The van der Waals surface area contributed by atoms with Crippen molar-refractivity contribution in [3.05, 3.63) is 64.7 Å². The molecule has 1 amide bonds. The van der Waals surface area contributed by atoms with Crippen molar-refractivity contribution in [3.8, 4) is 5.75 Å². The van der Waals surface area contributed by atoms with Gasteiger partial charge in [0.05, 0.1) is 18.6 Å². The van der Waals surface area contributed by atoms with Crippen LogP contribution in [0.3, 0.4) is 0 Å². The molecule has 0 unspecified atom stereocenters. The first-order valence-electron chi connectivity index (χ1n) is 8.28. The van der Waals surface area contributed by atoms with Crippen LogP contribution >= 0.6 is 11.6 Å². The summed E-state index contributed by atoms with van der Waals surface area (Å²) in [6.07, 6.45) is 0.456. The lowest BCUT2D eigenvalue weighted by Crippen LogP contribution is -2.40. The lowest BCUT2D eigenvalue weighted by atomic mass is 10.1. The van der Waals surface area contributed by atoms with Crippen molar-refractivity contribution in [2.75, 3.05) is 18.6 Å². The average Bonchev–Trinajstić information content (AvgIpc) is 3.00. The molecule has 2 aromatic carbocycles. The number of nitrogens with zero attached hydrogens (tertiary/aromatic N) is 1. The highest BCUT2D eigenvalue weighted by Crippen LogP contribution is 2.23. The number of carbonyl (C=O) groups is 1. The number of rotatable bonds is 5. The molecule has 0 aliphatic carbocycles. The Kier molecular flexibility index (Phi) is 5.53. The molecule has 1 aliphatic rings. The van der Waals surface area contributed by atoms with E-state index < -0.39 is 9.84 Å². The summed E-state index contributed by atoms with van der Waals surface area (Å²) >= 11 is 5.93. The minimum absolute atomic E-state index is 0.00246. The van der Waals surface area contributed by atoms with E-state index in [0.29, 0.717) is 29.3 Å².